The molecule has 0 radical (unpaired) electrons. The monoisotopic (exact) mass is 391 g/mol. The van der Waals surface area contributed by atoms with Crippen LogP contribution in [0.2, 0.25) is 0 Å². The van der Waals surface area contributed by atoms with E-state index < -0.39 is 5.97 Å². The zero-order chi connectivity index (χ0) is 20.4. The molecule has 4 rings (SSSR count). The number of hydrogen-bond donors (Lipinski definition) is 1. The number of rotatable bonds is 3. The Bertz CT molecular complexity index is 1080. The molecule has 0 unspecified atom stereocenters. The standard InChI is InChI=1S/C22H21N3O4/c1-15(26)29-20-5-3-2-4-18(20)22(28)25-12-10-24(11-13-25)21(27)17-7-6-16-8-9-23-19(16)14-17/h2-9,14,23H,10-13H2,1H3. The van der Waals surface area contributed by atoms with Crippen molar-refractivity contribution in [3.63, 3.8) is 0 Å². The summed E-state index contributed by atoms with van der Waals surface area (Å²) >= 11 is 0. The number of aromatic amines is 1. The maximum absolute atomic E-state index is 12.9. The summed E-state index contributed by atoms with van der Waals surface area (Å²) in [6.07, 6.45) is 1.84. The molecule has 2 aromatic carbocycles. The number of piperazine rings is 1. The topological polar surface area (TPSA) is 82.7 Å². The Hall–Kier alpha value is -3.61. The number of aromatic nitrogens is 1. The van der Waals surface area contributed by atoms with Crippen molar-refractivity contribution in [1.29, 1.82) is 0 Å². The molecule has 3 aromatic rings. The molecule has 148 valence electrons. The lowest BCUT2D eigenvalue weighted by Crippen LogP contribution is -2.50. The Labute approximate surface area is 167 Å². The lowest BCUT2D eigenvalue weighted by molar-refractivity contribution is -0.131. The van der Waals surface area contributed by atoms with Crippen LogP contribution in [-0.2, 0) is 4.79 Å². The average Bonchev–Trinajstić information content (AvgIpc) is 3.21. The van der Waals surface area contributed by atoms with Gasteiger partial charge >= 0.3 is 5.97 Å². The normalized spacial score (nSPS) is 14.1. The summed E-state index contributed by atoms with van der Waals surface area (Å²) in [7, 11) is 0. The average molecular weight is 391 g/mol. The molecule has 1 saturated heterocycles. The Balaban J connectivity index is 1.43. The molecule has 2 amide bonds. The number of benzene rings is 2. The van der Waals surface area contributed by atoms with Crippen molar-refractivity contribution >= 4 is 28.7 Å². The second-order valence-electron chi connectivity index (χ2n) is 6.95. The van der Waals surface area contributed by atoms with E-state index in [0.717, 1.165) is 10.9 Å². The van der Waals surface area contributed by atoms with Crippen LogP contribution in [0.3, 0.4) is 0 Å². The summed E-state index contributed by atoms with van der Waals surface area (Å²) in [4.78, 5) is 43.6. The number of H-pyrrole nitrogens is 1. The number of esters is 1. The van der Waals surface area contributed by atoms with Crippen LogP contribution in [0.5, 0.6) is 5.75 Å². The van der Waals surface area contributed by atoms with Gasteiger partial charge in [0, 0.05) is 50.4 Å². The van der Waals surface area contributed by atoms with Gasteiger partial charge in [0.15, 0.2) is 0 Å². The highest BCUT2D eigenvalue weighted by Crippen LogP contribution is 2.22. The van der Waals surface area contributed by atoms with Crippen LogP contribution in [-0.4, -0.2) is 58.7 Å². The maximum atomic E-state index is 12.9. The Morgan fingerprint density at radius 2 is 1.59 bits per heavy atom. The van der Waals surface area contributed by atoms with E-state index in [9.17, 15) is 14.4 Å². The van der Waals surface area contributed by atoms with E-state index in [0.29, 0.717) is 37.3 Å². The van der Waals surface area contributed by atoms with Crippen molar-refractivity contribution in [2.45, 2.75) is 6.92 Å². The van der Waals surface area contributed by atoms with Gasteiger partial charge in [0.2, 0.25) is 0 Å². The summed E-state index contributed by atoms with van der Waals surface area (Å²) in [6.45, 7) is 3.04. The van der Waals surface area contributed by atoms with Gasteiger partial charge in [-0.2, -0.15) is 0 Å². The molecular weight excluding hydrogens is 370 g/mol. The number of carbonyl (C=O) groups is 3. The predicted molar refractivity (Wildman–Crippen MR) is 108 cm³/mol. The fourth-order valence-electron chi connectivity index (χ4n) is 3.53. The number of para-hydroxylation sites is 1. The molecule has 0 spiro atoms. The van der Waals surface area contributed by atoms with Gasteiger partial charge in [-0.3, -0.25) is 14.4 Å². The van der Waals surface area contributed by atoms with Gasteiger partial charge in [-0.1, -0.05) is 18.2 Å². The number of ether oxygens (including phenoxy) is 1. The third kappa shape index (κ3) is 3.85. The van der Waals surface area contributed by atoms with Gasteiger partial charge in [0.05, 0.1) is 5.56 Å². The van der Waals surface area contributed by atoms with Crippen molar-refractivity contribution in [3.05, 3.63) is 65.9 Å². The molecule has 1 aliphatic rings. The number of nitrogens with one attached hydrogen (secondary N) is 1. The zero-order valence-corrected chi connectivity index (χ0v) is 16.1. The van der Waals surface area contributed by atoms with Crippen molar-refractivity contribution in [1.82, 2.24) is 14.8 Å². The van der Waals surface area contributed by atoms with Crippen LogP contribution >= 0.6 is 0 Å². The smallest absolute Gasteiger partial charge is 0.308 e. The van der Waals surface area contributed by atoms with Crippen LogP contribution in [0.1, 0.15) is 27.6 Å². The maximum Gasteiger partial charge on any atom is 0.308 e. The van der Waals surface area contributed by atoms with Gasteiger partial charge in [-0.25, -0.2) is 0 Å². The molecule has 0 atom stereocenters. The molecule has 2 heterocycles. The Morgan fingerprint density at radius 1 is 0.897 bits per heavy atom. The number of fused-ring (bicyclic) bond motifs is 1. The molecule has 0 bridgehead atoms. The van der Waals surface area contributed by atoms with E-state index in [1.807, 2.05) is 30.5 Å². The molecule has 1 aromatic heterocycles. The molecule has 7 heteroatoms. The van der Waals surface area contributed by atoms with E-state index in [2.05, 4.69) is 4.98 Å². The lowest BCUT2D eigenvalue weighted by Gasteiger charge is -2.35. The second-order valence-corrected chi connectivity index (χ2v) is 6.95. The summed E-state index contributed by atoms with van der Waals surface area (Å²) in [5.74, 6) is -0.474. The molecule has 1 aliphatic heterocycles. The van der Waals surface area contributed by atoms with Crippen LogP contribution in [0, 0.1) is 0 Å². The molecule has 0 saturated carbocycles. The van der Waals surface area contributed by atoms with Gasteiger partial charge < -0.3 is 19.5 Å². The van der Waals surface area contributed by atoms with Gasteiger partial charge in [-0.15, -0.1) is 0 Å². The van der Waals surface area contributed by atoms with E-state index in [4.69, 9.17) is 4.74 Å². The zero-order valence-electron chi connectivity index (χ0n) is 16.1. The number of hydrogen-bond acceptors (Lipinski definition) is 4. The van der Waals surface area contributed by atoms with Crippen molar-refractivity contribution < 1.29 is 19.1 Å². The Kier molecular flexibility index (Phi) is 5.03. The quantitative estimate of drug-likeness (QED) is 0.550. The third-order valence-electron chi connectivity index (χ3n) is 5.03. The van der Waals surface area contributed by atoms with Gasteiger partial charge in [0.25, 0.3) is 11.8 Å². The van der Waals surface area contributed by atoms with Crippen molar-refractivity contribution in [2.75, 3.05) is 26.2 Å². The van der Waals surface area contributed by atoms with Gasteiger partial charge in [0.1, 0.15) is 5.75 Å². The van der Waals surface area contributed by atoms with Crippen LogP contribution in [0.15, 0.2) is 54.7 Å². The highest BCUT2D eigenvalue weighted by molar-refractivity contribution is 5.99. The molecule has 7 nitrogen and oxygen atoms in total. The van der Waals surface area contributed by atoms with Crippen LogP contribution < -0.4 is 4.74 Å². The number of carbonyl (C=O) groups excluding carboxylic acids is 3. The van der Waals surface area contributed by atoms with E-state index in [1.54, 1.807) is 34.1 Å². The third-order valence-corrected chi connectivity index (χ3v) is 5.03. The molecular formula is C22H21N3O4. The highest BCUT2D eigenvalue weighted by Gasteiger charge is 2.27. The van der Waals surface area contributed by atoms with Crippen molar-refractivity contribution in [2.24, 2.45) is 0 Å². The first-order valence-corrected chi connectivity index (χ1v) is 9.46. The summed E-state index contributed by atoms with van der Waals surface area (Å²) in [5, 5.41) is 1.06. The SMILES string of the molecule is CC(=O)Oc1ccccc1C(=O)N1CCN(C(=O)c2ccc3cc[nH]c3c2)CC1. The van der Waals surface area contributed by atoms with Gasteiger partial charge in [-0.05, 0) is 35.7 Å². The molecule has 1 N–H and O–H groups in total. The predicted octanol–water partition coefficient (Wildman–Crippen LogP) is 2.69. The van der Waals surface area contributed by atoms with E-state index in [-0.39, 0.29) is 17.6 Å². The summed E-state index contributed by atoms with van der Waals surface area (Å²) < 4.78 is 5.15. The Morgan fingerprint density at radius 3 is 2.31 bits per heavy atom. The van der Waals surface area contributed by atoms with E-state index >= 15 is 0 Å². The lowest BCUT2D eigenvalue weighted by atomic mass is 10.1. The summed E-state index contributed by atoms with van der Waals surface area (Å²) in [5.41, 5.74) is 1.89. The van der Waals surface area contributed by atoms with Crippen molar-refractivity contribution in [3.8, 4) is 5.75 Å². The molecule has 29 heavy (non-hydrogen) atoms. The highest BCUT2D eigenvalue weighted by atomic mass is 16.5. The van der Waals surface area contributed by atoms with E-state index in [1.165, 1.54) is 6.92 Å². The largest absolute Gasteiger partial charge is 0.426 e. The summed E-state index contributed by atoms with van der Waals surface area (Å²) in [6, 6.07) is 14.3. The first kappa shape index (κ1) is 18.7. The first-order chi connectivity index (χ1) is 14.0. The second kappa shape index (κ2) is 7.79. The van der Waals surface area contributed by atoms with Crippen LogP contribution in [0.25, 0.3) is 10.9 Å². The molecule has 1 fully saturated rings. The number of nitrogens with zero attached hydrogens (tertiary/aromatic N) is 2. The fourth-order valence-corrected chi connectivity index (χ4v) is 3.53. The minimum absolute atomic E-state index is 0.0473. The minimum Gasteiger partial charge on any atom is -0.426 e. The molecule has 0 aliphatic carbocycles. The minimum atomic E-state index is -0.472. The first-order valence-electron chi connectivity index (χ1n) is 9.46. The van der Waals surface area contributed by atoms with Crippen LogP contribution in [0.4, 0.5) is 0 Å². The fraction of sp³-hybridized carbons (Fsp3) is 0.227. The number of amides is 2.